The van der Waals surface area contributed by atoms with E-state index < -0.39 is 37.5 Å². The molecule has 0 spiro atoms. The number of carboxylic acids is 3. The topological polar surface area (TPSA) is 130 Å². The van der Waals surface area contributed by atoms with Gasteiger partial charge >= 0.3 is 17.9 Å². The first-order valence-corrected chi connectivity index (χ1v) is 5.43. The highest BCUT2D eigenvalue weighted by molar-refractivity contribution is 5.74. The molecule has 0 aliphatic carbocycles. The first-order valence-electron chi connectivity index (χ1n) is 5.43. The van der Waals surface area contributed by atoms with Gasteiger partial charge in [0.25, 0.3) is 0 Å². The third-order valence-electron chi connectivity index (χ3n) is 2.12. The van der Waals surface area contributed by atoms with Crippen molar-refractivity contribution in [2.75, 3.05) is 13.2 Å². The van der Waals surface area contributed by atoms with Gasteiger partial charge in [0.05, 0.1) is 6.42 Å². The van der Waals surface area contributed by atoms with Gasteiger partial charge in [-0.2, -0.15) is 0 Å². The Kier molecular flexibility index (Phi) is 5.33. The molecule has 0 radical (unpaired) electrons. The molecule has 0 heterocycles. The van der Waals surface area contributed by atoms with Crippen molar-refractivity contribution in [3.8, 4) is 11.5 Å². The second kappa shape index (κ2) is 6.98. The number of hydrogen-bond donors (Lipinski definition) is 3. The van der Waals surface area contributed by atoms with Gasteiger partial charge in [0.1, 0.15) is 11.5 Å². The van der Waals surface area contributed by atoms with Gasteiger partial charge in [0.15, 0.2) is 13.2 Å². The lowest BCUT2D eigenvalue weighted by Crippen LogP contribution is -2.14. The molecule has 108 valence electrons. The van der Waals surface area contributed by atoms with Crippen molar-refractivity contribution in [2.45, 2.75) is 6.42 Å². The molecule has 1 aromatic carbocycles. The van der Waals surface area contributed by atoms with E-state index in [-0.39, 0.29) is 17.1 Å². The summed E-state index contributed by atoms with van der Waals surface area (Å²) in [5.74, 6) is -3.57. The highest BCUT2D eigenvalue weighted by atomic mass is 16.5. The molecule has 0 fully saturated rings. The largest absolute Gasteiger partial charge is 0.481 e. The lowest BCUT2D eigenvalue weighted by molar-refractivity contribution is -0.140. The van der Waals surface area contributed by atoms with Crippen LogP contribution in [-0.4, -0.2) is 46.4 Å². The SMILES string of the molecule is O=C(O)COc1cccc(OCC(=O)O)c1CC(=O)O. The highest BCUT2D eigenvalue weighted by Crippen LogP contribution is 2.29. The molecular weight excluding hydrogens is 272 g/mol. The molecular formula is C12H12O8. The van der Waals surface area contributed by atoms with Crippen molar-refractivity contribution in [2.24, 2.45) is 0 Å². The molecule has 20 heavy (non-hydrogen) atoms. The van der Waals surface area contributed by atoms with Crippen molar-refractivity contribution >= 4 is 17.9 Å². The molecule has 8 nitrogen and oxygen atoms in total. The fraction of sp³-hybridized carbons (Fsp3) is 0.250. The molecule has 1 aromatic rings. The zero-order chi connectivity index (χ0) is 15.1. The van der Waals surface area contributed by atoms with Crippen LogP contribution >= 0.6 is 0 Å². The summed E-state index contributed by atoms with van der Waals surface area (Å²) < 4.78 is 9.91. The summed E-state index contributed by atoms with van der Waals surface area (Å²) in [5.41, 5.74) is 0.0856. The predicted molar refractivity (Wildman–Crippen MR) is 64.0 cm³/mol. The smallest absolute Gasteiger partial charge is 0.341 e. The van der Waals surface area contributed by atoms with Crippen LogP contribution in [0.3, 0.4) is 0 Å². The predicted octanol–water partition coefficient (Wildman–Crippen LogP) is 0.241. The molecule has 3 N–H and O–H groups in total. The van der Waals surface area contributed by atoms with Crippen LogP contribution in [0.2, 0.25) is 0 Å². The van der Waals surface area contributed by atoms with E-state index in [0.717, 1.165) is 0 Å². The molecule has 0 aromatic heterocycles. The van der Waals surface area contributed by atoms with Crippen LogP contribution in [-0.2, 0) is 20.8 Å². The number of aliphatic carboxylic acids is 3. The molecule has 1 rings (SSSR count). The minimum Gasteiger partial charge on any atom is -0.481 e. The average molecular weight is 284 g/mol. The second-order valence-corrected chi connectivity index (χ2v) is 3.67. The van der Waals surface area contributed by atoms with E-state index in [4.69, 9.17) is 24.8 Å². The van der Waals surface area contributed by atoms with E-state index in [1.54, 1.807) is 0 Å². The molecule has 0 aliphatic rings. The number of benzene rings is 1. The summed E-state index contributed by atoms with van der Waals surface area (Å²) >= 11 is 0. The Morgan fingerprint density at radius 3 is 1.65 bits per heavy atom. The normalized spacial score (nSPS) is 9.80. The molecule has 0 atom stereocenters. The minimum absolute atomic E-state index is 0.0256. The van der Waals surface area contributed by atoms with Crippen LogP contribution in [0.1, 0.15) is 5.56 Å². The van der Waals surface area contributed by atoms with Crippen molar-refractivity contribution in [3.05, 3.63) is 23.8 Å². The summed E-state index contributed by atoms with van der Waals surface area (Å²) in [6.45, 7) is -1.29. The summed E-state index contributed by atoms with van der Waals surface area (Å²) in [6, 6.07) is 4.21. The Morgan fingerprint density at radius 1 is 0.850 bits per heavy atom. The van der Waals surface area contributed by atoms with Gasteiger partial charge in [-0.1, -0.05) is 6.07 Å². The number of carbonyl (C=O) groups is 3. The van der Waals surface area contributed by atoms with Crippen LogP contribution in [0, 0.1) is 0 Å². The first-order chi connectivity index (χ1) is 9.40. The summed E-state index contributed by atoms with van der Waals surface area (Å²) in [5, 5.41) is 25.9. The van der Waals surface area contributed by atoms with Crippen LogP contribution in [0.15, 0.2) is 18.2 Å². The van der Waals surface area contributed by atoms with Gasteiger partial charge in [-0.15, -0.1) is 0 Å². The van der Waals surface area contributed by atoms with Crippen molar-refractivity contribution in [3.63, 3.8) is 0 Å². The molecule has 0 amide bonds. The molecule has 0 bridgehead atoms. The van der Waals surface area contributed by atoms with E-state index >= 15 is 0 Å². The zero-order valence-electron chi connectivity index (χ0n) is 10.2. The number of carboxylic acid groups (broad SMARTS) is 3. The van der Waals surface area contributed by atoms with E-state index in [9.17, 15) is 14.4 Å². The van der Waals surface area contributed by atoms with Crippen molar-refractivity contribution < 1.29 is 39.2 Å². The van der Waals surface area contributed by atoms with Gasteiger partial charge in [0.2, 0.25) is 0 Å². The summed E-state index contributed by atoms with van der Waals surface area (Å²) in [4.78, 5) is 31.7. The number of rotatable bonds is 8. The Balaban J connectivity index is 3.02. The Bertz CT molecular complexity index is 486. The standard InChI is InChI=1S/C12H12O8/c13-10(14)4-7-8(19-5-11(15)16)2-1-3-9(7)20-6-12(17)18/h1-3H,4-6H2,(H,13,14)(H,15,16)(H,17,18). The van der Waals surface area contributed by atoms with Crippen molar-refractivity contribution in [1.82, 2.24) is 0 Å². The highest BCUT2D eigenvalue weighted by Gasteiger charge is 2.16. The maximum Gasteiger partial charge on any atom is 0.341 e. The van der Waals surface area contributed by atoms with E-state index in [0.29, 0.717) is 0 Å². The van der Waals surface area contributed by atoms with E-state index in [2.05, 4.69) is 0 Å². The molecule has 0 saturated carbocycles. The summed E-state index contributed by atoms with van der Waals surface area (Å²) in [7, 11) is 0. The van der Waals surface area contributed by atoms with Crippen molar-refractivity contribution in [1.29, 1.82) is 0 Å². The monoisotopic (exact) mass is 284 g/mol. The van der Waals surface area contributed by atoms with E-state index in [1.807, 2.05) is 0 Å². The first kappa shape index (κ1) is 15.3. The maximum absolute atomic E-state index is 10.8. The Hall–Kier alpha value is -2.77. The van der Waals surface area contributed by atoms with Gasteiger partial charge in [0, 0.05) is 5.56 Å². The third-order valence-corrected chi connectivity index (χ3v) is 2.12. The number of hydrogen-bond acceptors (Lipinski definition) is 5. The van der Waals surface area contributed by atoms with Gasteiger partial charge in [-0.05, 0) is 12.1 Å². The fourth-order valence-electron chi connectivity index (χ4n) is 1.42. The van der Waals surface area contributed by atoms with Gasteiger partial charge < -0.3 is 24.8 Å². The van der Waals surface area contributed by atoms with Crippen LogP contribution in [0.4, 0.5) is 0 Å². The van der Waals surface area contributed by atoms with E-state index in [1.165, 1.54) is 18.2 Å². The minimum atomic E-state index is -1.22. The Labute approximate surface area is 113 Å². The molecule has 0 unspecified atom stereocenters. The van der Waals surface area contributed by atoms with Gasteiger partial charge in [-0.3, -0.25) is 4.79 Å². The van der Waals surface area contributed by atoms with Crippen LogP contribution in [0.5, 0.6) is 11.5 Å². The fourth-order valence-corrected chi connectivity index (χ4v) is 1.42. The Morgan fingerprint density at radius 2 is 1.30 bits per heavy atom. The van der Waals surface area contributed by atoms with Crippen LogP contribution in [0.25, 0.3) is 0 Å². The summed E-state index contributed by atoms with van der Waals surface area (Å²) in [6.07, 6.45) is -0.481. The van der Waals surface area contributed by atoms with Gasteiger partial charge in [-0.25, -0.2) is 9.59 Å². The molecule has 0 aliphatic heterocycles. The zero-order valence-corrected chi connectivity index (χ0v) is 10.2. The average Bonchev–Trinajstić information content (AvgIpc) is 2.34. The second-order valence-electron chi connectivity index (χ2n) is 3.67. The third kappa shape index (κ3) is 4.84. The quantitative estimate of drug-likeness (QED) is 0.618. The molecule has 8 heteroatoms. The lowest BCUT2D eigenvalue weighted by Gasteiger charge is -2.13. The lowest BCUT2D eigenvalue weighted by atomic mass is 10.1. The number of ether oxygens (including phenoxy) is 2. The molecule has 0 saturated heterocycles. The van der Waals surface area contributed by atoms with Crippen LogP contribution < -0.4 is 9.47 Å². The maximum atomic E-state index is 10.8.